The molecule has 1 heterocycles. The third-order valence-corrected chi connectivity index (χ3v) is 3.87. The quantitative estimate of drug-likeness (QED) is 0.890. The summed E-state index contributed by atoms with van der Waals surface area (Å²) in [4.78, 5) is 0. The molecule has 3 nitrogen and oxygen atoms in total. The molecule has 1 N–H and O–H groups in total. The topological polar surface area (TPSA) is 30.5 Å². The zero-order chi connectivity index (χ0) is 14.6. The number of hydrogen-bond donors (Lipinski definition) is 1. The average Bonchev–Trinajstić information content (AvgIpc) is 2.38. The smallest absolute Gasteiger partial charge is 0.124 e. The zero-order valence-corrected chi connectivity index (χ0v) is 13.1. The summed E-state index contributed by atoms with van der Waals surface area (Å²) in [5.41, 5.74) is 1.22. The minimum absolute atomic E-state index is 0.0188. The van der Waals surface area contributed by atoms with E-state index in [0.717, 1.165) is 25.2 Å². The van der Waals surface area contributed by atoms with Crippen molar-refractivity contribution in [2.24, 2.45) is 0 Å². The molecule has 112 valence electrons. The molecule has 0 bridgehead atoms. The molecule has 1 aliphatic rings. The molecule has 0 aliphatic carbocycles. The Kier molecular flexibility index (Phi) is 5.06. The highest BCUT2D eigenvalue weighted by atomic mass is 16.5. The number of benzene rings is 1. The third-order valence-electron chi connectivity index (χ3n) is 3.87. The van der Waals surface area contributed by atoms with Crippen molar-refractivity contribution in [3.8, 4) is 5.75 Å². The molecule has 0 radical (unpaired) electrons. The van der Waals surface area contributed by atoms with Gasteiger partial charge in [0.15, 0.2) is 0 Å². The van der Waals surface area contributed by atoms with Crippen molar-refractivity contribution in [2.45, 2.75) is 58.2 Å². The Labute approximate surface area is 122 Å². The number of para-hydroxylation sites is 1. The molecule has 3 heteroatoms. The largest absolute Gasteiger partial charge is 0.494 e. The Hall–Kier alpha value is -1.06. The van der Waals surface area contributed by atoms with Gasteiger partial charge in [0, 0.05) is 24.3 Å². The second-order valence-corrected chi connectivity index (χ2v) is 6.16. The van der Waals surface area contributed by atoms with Crippen LogP contribution in [0, 0.1) is 0 Å². The maximum Gasteiger partial charge on any atom is 0.124 e. The van der Waals surface area contributed by atoms with Crippen LogP contribution >= 0.6 is 0 Å². The number of hydrogen-bond acceptors (Lipinski definition) is 3. The fourth-order valence-electron chi connectivity index (χ4n) is 2.94. The van der Waals surface area contributed by atoms with Gasteiger partial charge in [-0.25, -0.2) is 0 Å². The van der Waals surface area contributed by atoms with Crippen LogP contribution in [0.15, 0.2) is 24.3 Å². The molecular weight excluding hydrogens is 250 g/mol. The van der Waals surface area contributed by atoms with Crippen molar-refractivity contribution >= 4 is 0 Å². The van der Waals surface area contributed by atoms with Crippen LogP contribution in [0.1, 0.15) is 52.1 Å². The van der Waals surface area contributed by atoms with E-state index in [1.165, 1.54) is 5.56 Å². The Morgan fingerprint density at radius 2 is 2.15 bits per heavy atom. The van der Waals surface area contributed by atoms with Crippen LogP contribution in [0.4, 0.5) is 0 Å². The van der Waals surface area contributed by atoms with Gasteiger partial charge in [-0.3, -0.25) is 0 Å². The lowest BCUT2D eigenvalue weighted by Gasteiger charge is -2.37. The fraction of sp³-hybridized carbons (Fsp3) is 0.647. The fourth-order valence-corrected chi connectivity index (χ4v) is 2.94. The van der Waals surface area contributed by atoms with Crippen molar-refractivity contribution < 1.29 is 9.47 Å². The molecular formula is C17H27NO2. The van der Waals surface area contributed by atoms with Crippen molar-refractivity contribution in [2.75, 3.05) is 13.2 Å². The lowest BCUT2D eigenvalue weighted by molar-refractivity contribution is -0.0640. The molecule has 1 aliphatic heterocycles. The van der Waals surface area contributed by atoms with E-state index < -0.39 is 0 Å². The standard InChI is InChI=1S/C17H27NO2/c1-5-19-16-9-7-6-8-15(16)13(2)18-14-10-11-20-17(3,4)12-14/h6-9,13-14,18H,5,10-12H2,1-4H3. The van der Waals surface area contributed by atoms with Gasteiger partial charge in [0.1, 0.15) is 5.75 Å². The van der Waals surface area contributed by atoms with E-state index in [2.05, 4.69) is 38.2 Å². The first-order valence-electron chi connectivity index (χ1n) is 7.63. The number of ether oxygens (including phenoxy) is 2. The van der Waals surface area contributed by atoms with E-state index in [9.17, 15) is 0 Å². The first-order chi connectivity index (χ1) is 9.52. The SMILES string of the molecule is CCOc1ccccc1C(C)NC1CCOC(C)(C)C1. The van der Waals surface area contributed by atoms with Gasteiger partial charge in [0.05, 0.1) is 12.2 Å². The number of rotatable bonds is 5. The molecule has 20 heavy (non-hydrogen) atoms. The summed E-state index contributed by atoms with van der Waals surface area (Å²) < 4.78 is 11.5. The molecule has 1 aromatic carbocycles. The van der Waals surface area contributed by atoms with Gasteiger partial charge in [-0.2, -0.15) is 0 Å². The lowest BCUT2D eigenvalue weighted by atomic mass is 9.93. The molecule has 1 fully saturated rings. The summed E-state index contributed by atoms with van der Waals surface area (Å²) in [6.45, 7) is 10.1. The van der Waals surface area contributed by atoms with Crippen molar-refractivity contribution in [1.82, 2.24) is 5.32 Å². The second kappa shape index (κ2) is 6.59. The average molecular weight is 277 g/mol. The van der Waals surface area contributed by atoms with Gasteiger partial charge in [0.25, 0.3) is 0 Å². The first kappa shape index (κ1) is 15.3. The summed E-state index contributed by atoms with van der Waals surface area (Å²) in [6, 6.07) is 9.08. The van der Waals surface area contributed by atoms with E-state index in [4.69, 9.17) is 9.47 Å². The van der Waals surface area contributed by atoms with Gasteiger partial charge in [0.2, 0.25) is 0 Å². The molecule has 2 unspecified atom stereocenters. The second-order valence-electron chi connectivity index (χ2n) is 6.16. The van der Waals surface area contributed by atoms with Crippen LogP contribution in [0.5, 0.6) is 5.75 Å². The highest BCUT2D eigenvalue weighted by Gasteiger charge is 2.29. The van der Waals surface area contributed by atoms with Crippen molar-refractivity contribution in [1.29, 1.82) is 0 Å². The zero-order valence-electron chi connectivity index (χ0n) is 13.1. The highest BCUT2D eigenvalue weighted by molar-refractivity contribution is 5.35. The maximum atomic E-state index is 5.78. The summed E-state index contributed by atoms with van der Waals surface area (Å²) in [5, 5.41) is 3.73. The van der Waals surface area contributed by atoms with Crippen LogP contribution in [0.3, 0.4) is 0 Å². The third kappa shape index (κ3) is 3.97. The molecule has 0 saturated carbocycles. The predicted molar refractivity (Wildman–Crippen MR) is 82.2 cm³/mol. The highest BCUT2D eigenvalue weighted by Crippen LogP contribution is 2.29. The Balaban J connectivity index is 2.02. The van der Waals surface area contributed by atoms with Crippen molar-refractivity contribution in [3.05, 3.63) is 29.8 Å². The minimum Gasteiger partial charge on any atom is -0.494 e. The predicted octanol–water partition coefficient (Wildman–Crippen LogP) is 3.69. The van der Waals surface area contributed by atoms with E-state index >= 15 is 0 Å². The maximum absolute atomic E-state index is 5.78. The normalized spacial score (nSPS) is 23.3. The monoisotopic (exact) mass is 277 g/mol. The Morgan fingerprint density at radius 3 is 2.85 bits per heavy atom. The molecule has 1 saturated heterocycles. The summed E-state index contributed by atoms with van der Waals surface area (Å²) in [5.74, 6) is 0.987. The van der Waals surface area contributed by atoms with Gasteiger partial charge in [-0.15, -0.1) is 0 Å². The van der Waals surface area contributed by atoms with E-state index in [1.54, 1.807) is 0 Å². The van der Waals surface area contributed by atoms with E-state index in [1.807, 2.05) is 19.1 Å². The van der Waals surface area contributed by atoms with E-state index in [0.29, 0.717) is 12.6 Å². The first-order valence-corrected chi connectivity index (χ1v) is 7.63. The molecule has 0 amide bonds. The van der Waals surface area contributed by atoms with Crippen LogP contribution in [-0.4, -0.2) is 24.9 Å². The molecule has 0 spiro atoms. The van der Waals surface area contributed by atoms with Crippen LogP contribution in [-0.2, 0) is 4.74 Å². The molecule has 0 aromatic heterocycles. The molecule has 1 aromatic rings. The van der Waals surface area contributed by atoms with Crippen LogP contribution in [0.2, 0.25) is 0 Å². The van der Waals surface area contributed by atoms with Crippen molar-refractivity contribution in [3.63, 3.8) is 0 Å². The van der Waals surface area contributed by atoms with Crippen LogP contribution in [0.25, 0.3) is 0 Å². The molecule has 2 rings (SSSR count). The Bertz CT molecular complexity index is 431. The summed E-state index contributed by atoms with van der Waals surface area (Å²) in [7, 11) is 0. The summed E-state index contributed by atoms with van der Waals surface area (Å²) >= 11 is 0. The van der Waals surface area contributed by atoms with Gasteiger partial charge >= 0.3 is 0 Å². The Morgan fingerprint density at radius 1 is 1.40 bits per heavy atom. The van der Waals surface area contributed by atoms with Crippen LogP contribution < -0.4 is 10.1 Å². The lowest BCUT2D eigenvalue weighted by Crippen LogP contribution is -2.44. The van der Waals surface area contributed by atoms with Gasteiger partial charge < -0.3 is 14.8 Å². The summed E-state index contributed by atoms with van der Waals surface area (Å²) in [6.07, 6.45) is 2.12. The minimum atomic E-state index is -0.0188. The van der Waals surface area contributed by atoms with Gasteiger partial charge in [-0.05, 0) is 46.6 Å². The molecule has 2 atom stereocenters. The van der Waals surface area contributed by atoms with E-state index in [-0.39, 0.29) is 11.6 Å². The number of nitrogens with one attached hydrogen (secondary N) is 1. The van der Waals surface area contributed by atoms with Gasteiger partial charge in [-0.1, -0.05) is 18.2 Å².